The van der Waals surface area contributed by atoms with Gasteiger partial charge in [0.1, 0.15) is 0 Å². The van der Waals surface area contributed by atoms with Gasteiger partial charge < -0.3 is 15.4 Å². The van der Waals surface area contributed by atoms with Crippen LogP contribution in [-0.2, 0) is 9.53 Å². The Balaban J connectivity index is 1.59. The topological polar surface area (TPSA) is 50.4 Å². The number of rotatable bonds is 4. The zero-order valence-electron chi connectivity index (χ0n) is 12.0. The molecule has 1 heterocycles. The summed E-state index contributed by atoms with van der Waals surface area (Å²) in [6, 6.07) is 0. The van der Waals surface area contributed by atoms with E-state index in [9.17, 15) is 4.79 Å². The van der Waals surface area contributed by atoms with Gasteiger partial charge in [-0.2, -0.15) is 0 Å². The number of nitrogens with one attached hydrogen (secondary N) is 2. The van der Waals surface area contributed by atoms with E-state index in [0.717, 1.165) is 32.4 Å². The van der Waals surface area contributed by atoms with Crippen LogP contribution in [-0.4, -0.2) is 38.3 Å². The number of piperidine rings is 1. The third-order valence-corrected chi connectivity index (χ3v) is 5.48. The number of methoxy groups -OCH3 is 1. The molecule has 0 radical (unpaired) electrons. The van der Waals surface area contributed by atoms with E-state index < -0.39 is 0 Å². The summed E-state index contributed by atoms with van der Waals surface area (Å²) in [6.07, 6.45) is 8.02. The molecular formula is C15H26N2O2. The van der Waals surface area contributed by atoms with Crippen molar-refractivity contribution in [1.82, 2.24) is 10.6 Å². The lowest BCUT2D eigenvalue weighted by Gasteiger charge is -2.30. The first-order valence-corrected chi connectivity index (χ1v) is 7.72. The first-order valence-electron chi connectivity index (χ1n) is 7.72. The highest BCUT2D eigenvalue weighted by Crippen LogP contribution is 2.58. The summed E-state index contributed by atoms with van der Waals surface area (Å²) in [5, 5.41) is 6.73. The molecule has 0 bridgehead atoms. The van der Waals surface area contributed by atoms with Crippen molar-refractivity contribution in [3.63, 3.8) is 0 Å². The van der Waals surface area contributed by atoms with Crippen LogP contribution in [0.15, 0.2) is 0 Å². The van der Waals surface area contributed by atoms with E-state index >= 15 is 0 Å². The van der Waals surface area contributed by atoms with Crippen molar-refractivity contribution in [3.05, 3.63) is 0 Å². The highest BCUT2D eigenvalue weighted by atomic mass is 16.5. The van der Waals surface area contributed by atoms with Gasteiger partial charge in [0, 0.05) is 13.0 Å². The summed E-state index contributed by atoms with van der Waals surface area (Å²) < 4.78 is 5.34. The fourth-order valence-corrected chi connectivity index (χ4v) is 4.18. The van der Waals surface area contributed by atoms with Crippen LogP contribution in [0.5, 0.6) is 0 Å². The molecular weight excluding hydrogens is 240 g/mol. The van der Waals surface area contributed by atoms with Crippen LogP contribution >= 0.6 is 0 Å². The average Bonchev–Trinajstić information content (AvgIpc) is 2.90. The SMILES string of the molecule is COCC1(NC(=O)C2CC23CCNCC3)CCCC1. The van der Waals surface area contributed by atoms with Crippen molar-refractivity contribution in [2.75, 3.05) is 26.8 Å². The maximum absolute atomic E-state index is 12.5. The lowest BCUT2D eigenvalue weighted by atomic mass is 9.91. The minimum atomic E-state index is -0.0669. The van der Waals surface area contributed by atoms with E-state index in [2.05, 4.69) is 10.6 Å². The Morgan fingerprint density at radius 3 is 2.58 bits per heavy atom. The van der Waals surface area contributed by atoms with Gasteiger partial charge in [-0.1, -0.05) is 12.8 Å². The van der Waals surface area contributed by atoms with Crippen molar-refractivity contribution in [1.29, 1.82) is 0 Å². The van der Waals surface area contributed by atoms with Crippen LogP contribution in [0.4, 0.5) is 0 Å². The molecule has 0 aromatic heterocycles. The number of hydrogen-bond donors (Lipinski definition) is 2. The smallest absolute Gasteiger partial charge is 0.224 e. The molecule has 108 valence electrons. The van der Waals surface area contributed by atoms with Crippen molar-refractivity contribution < 1.29 is 9.53 Å². The molecule has 3 aliphatic rings. The second-order valence-electron chi connectivity index (χ2n) is 6.78. The quantitative estimate of drug-likeness (QED) is 0.810. The van der Waals surface area contributed by atoms with Gasteiger partial charge in [-0.15, -0.1) is 0 Å². The third-order valence-electron chi connectivity index (χ3n) is 5.48. The summed E-state index contributed by atoms with van der Waals surface area (Å²) in [5.41, 5.74) is 0.269. The summed E-state index contributed by atoms with van der Waals surface area (Å²) in [5.74, 6) is 0.560. The summed E-state index contributed by atoms with van der Waals surface area (Å²) in [6.45, 7) is 2.82. The molecule has 4 heteroatoms. The van der Waals surface area contributed by atoms with E-state index in [1.54, 1.807) is 7.11 Å². The Bertz CT molecular complexity index is 344. The maximum atomic E-state index is 12.5. The van der Waals surface area contributed by atoms with E-state index in [1.807, 2.05) is 0 Å². The zero-order chi connectivity index (χ0) is 13.3. The largest absolute Gasteiger partial charge is 0.382 e. The van der Waals surface area contributed by atoms with E-state index in [1.165, 1.54) is 25.7 Å². The molecule has 1 spiro atoms. The second-order valence-corrected chi connectivity index (χ2v) is 6.78. The molecule has 2 aliphatic carbocycles. The highest BCUT2D eigenvalue weighted by molar-refractivity contribution is 5.83. The Labute approximate surface area is 115 Å². The molecule has 1 aliphatic heterocycles. The number of hydrogen-bond acceptors (Lipinski definition) is 3. The molecule has 3 rings (SSSR count). The monoisotopic (exact) mass is 266 g/mol. The lowest BCUT2D eigenvalue weighted by Crippen LogP contribution is -2.51. The van der Waals surface area contributed by atoms with Gasteiger partial charge in [-0.25, -0.2) is 0 Å². The third kappa shape index (κ3) is 2.52. The summed E-state index contributed by atoms with van der Waals surface area (Å²) in [7, 11) is 1.73. The Morgan fingerprint density at radius 1 is 1.26 bits per heavy atom. The average molecular weight is 266 g/mol. The van der Waals surface area contributed by atoms with Crippen LogP contribution < -0.4 is 10.6 Å². The van der Waals surface area contributed by atoms with Crippen molar-refractivity contribution in [3.8, 4) is 0 Å². The molecule has 0 aromatic rings. The van der Waals surface area contributed by atoms with Crippen LogP contribution in [0, 0.1) is 11.3 Å². The van der Waals surface area contributed by atoms with Gasteiger partial charge in [-0.05, 0) is 50.6 Å². The van der Waals surface area contributed by atoms with Crippen LogP contribution in [0.25, 0.3) is 0 Å². The van der Waals surface area contributed by atoms with Gasteiger partial charge >= 0.3 is 0 Å². The number of amides is 1. The molecule has 4 nitrogen and oxygen atoms in total. The predicted octanol–water partition coefficient (Wildman–Crippen LogP) is 1.45. The standard InChI is InChI=1S/C15H26N2O2/c1-19-11-15(4-2-3-5-15)17-13(18)12-10-14(12)6-8-16-9-7-14/h12,16H,2-11H2,1H3,(H,17,18). The maximum Gasteiger partial charge on any atom is 0.224 e. The minimum Gasteiger partial charge on any atom is -0.382 e. The molecule has 2 N–H and O–H groups in total. The van der Waals surface area contributed by atoms with Crippen LogP contribution in [0.1, 0.15) is 44.9 Å². The normalized spacial score (nSPS) is 31.3. The molecule has 1 atom stereocenters. The van der Waals surface area contributed by atoms with Gasteiger partial charge in [0.25, 0.3) is 0 Å². The van der Waals surface area contributed by atoms with Gasteiger partial charge in [0.15, 0.2) is 0 Å². The molecule has 0 aromatic carbocycles. The van der Waals surface area contributed by atoms with E-state index in [4.69, 9.17) is 4.74 Å². The molecule has 19 heavy (non-hydrogen) atoms. The second kappa shape index (κ2) is 5.06. The van der Waals surface area contributed by atoms with E-state index in [-0.39, 0.29) is 11.5 Å². The molecule has 3 fully saturated rings. The Kier molecular flexibility index (Phi) is 3.56. The van der Waals surface area contributed by atoms with Gasteiger partial charge in [-0.3, -0.25) is 4.79 Å². The molecule has 1 saturated heterocycles. The first-order chi connectivity index (χ1) is 9.20. The first kappa shape index (κ1) is 13.4. The highest BCUT2D eigenvalue weighted by Gasteiger charge is 2.58. The zero-order valence-corrected chi connectivity index (χ0v) is 12.0. The van der Waals surface area contributed by atoms with Crippen LogP contribution in [0.2, 0.25) is 0 Å². The summed E-state index contributed by atoms with van der Waals surface area (Å²) >= 11 is 0. The number of carbonyl (C=O) groups excluding carboxylic acids is 1. The van der Waals surface area contributed by atoms with Gasteiger partial charge in [0.2, 0.25) is 5.91 Å². The fraction of sp³-hybridized carbons (Fsp3) is 0.933. The predicted molar refractivity (Wildman–Crippen MR) is 73.9 cm³/mol. The molecule has 2 saturated carbocycles. The minimum absolute atomic E-state index is 0.0669. The lowest BCUT2D eigenvalue weighted by molar-refractivity contribution is -0.126. The van der Waals surface area contributed by atoms with E-state index in [0.29, 0.717) is 17.9 Å². The molecule has 1 amide bonds. The van der Waals surface area contributed by atoms with Crippen molar-refractivity contribution in [2.24, 2.45) is 11.3 Å². The van der Waals surface area contributed by atoms with Crippen molar-refractivity contribution in [2.45, 2.75) is 50.5 Å². The Morgan fingerprint density at radius 2 is 1.95 bits per heavy atom. The molecule has 1 unspecified atom stereocenters. The Hall–Kier alpha value is -0.610. The number of carbonyl (C=O) groups is 1. The van der Waals surface area contributed by atoms with Crippen LogP contribution in [0.3, 0.4) is 0 Å². The summed E-state index contributed by atoms with van der Waals surface area (Å²) in [4.78, 5) is 12.5. The fourth-order valence-electron chi connectivity index (χ4n) is 4.18. The number of ether oxygens (including phenoxy) is 1. The van der Waals surface area contributed by atoms with Gasteiger partial charge in [0.05, 0.1) is 12.1 Å². The van der Waals surface area contributed by atoms with Crippen molar-refractivity contribution >= 4 is 5.91 Å².